The van der Waals surface area contributed by atoms with Gasteiger partial charge in [0.05, 0.1) is 60.5 Å². The molecule has 2 heterocycles. The minimum atomic E-state index is -1.26. The van der Waals surface area contributed by atoms with Gasteiger partial charge >= 0.3 is 0 Å². The average molecular weight is 585 g/mol. The van der Waals surface area contributed by atoms with E-state index in [0.29, 0.717) is 36.0 Å². The maximum Gasteiger partial charge on any atom is 0.204 e. The van der Waals surface area contributed by atoms with Crippen LogP contribution < -0.4 is 23.7 Å². The fraction of sp³-hybridized carbons (Fsp3) is 0.419. The summed E-state index contributed by atoms with van der Waals surface area (Å²) in [6, 6.07) is 13.2. The number of hydrogen-bond donors (Lipinski definition) is 4. The van der Waals surface area contributed by atoms with Gasteiger partial charge in [0.25, 0.3) is 0 Å². The molecule has 0 aliphatic carbocycles. The third-order valence-corrected chi connectivity index (χ3v) is 7.95. The topological polar surface area (TPSA) is 146 Å². The minimum Gasteiger partial charge on any atom is -0.504 e. The van der Waals surface area contributed by atoms with Crippen LogP contribution in [0.2, 0.25) is 0 Å². The number of phenolic OH excluding ortho intramolecular Hbond substituents is 2. The van der Waals surface area contributed by atoms with E-state index in [1.807, 2.05) is 6.07 Å². The van der Waals surface area contributed by atoms with Crippen molar-refractivity contribution in [3.63, 3.8) is 0 Å². The van der Waals surface area contributed by atoms with Gasteiger partial charge in [-0.3, -0.25) is 0 Å². The van der Waals surface area contributed by atoms with Crippen molar-refractivity contribution >= 4 is 0 Å². The fourth-order valence-electron chi connectivity index (χ4n) is 5.73. The lowest BCUT2D eigenvalue weighted by Gasteiger charge is -2.26. The molecule has 4 N–H and O–H groups in total. The highest BCUT2D eigenvalue weighted by atomic mass is 16.6. The molecule has 3 aromatic carbocycles. The third kappa shape index (κ3) is 5.48. The van der Waals surface area contributed by atoms with Gasteiger partial charge in [-0.1, -0.05) is 12.1 Å². The number of fused-ring (bicyclic) bond motifs is 1. The zero-order valence-corrected chi connectivity index (χ0v) is 23.9. The summed E-state index contributed by atoms with van der Waals surface area (Å²) in [5.74, 6) is 1.56. The smallest absolute Gasteiger partial charge is 0.204 e. The number of methoxy groups -OCH3 is 4. The highest BCUT2D eigenvalue weighted by Crippen LogP contribution is 2.53. The molecule has 6 atom stereocenters. The van der Waals surface area contributed by atoms with Gasteiger partial charge in [0.1, 0.15) is 6.10 Å². The van der Waals surface area contributed by atoms with Crippen molar-refractivity contribution in [1.29, 1.82) is 0 Å². The molecular weight excluding hydrogens is 548 g/mol. The summed E-state index contributed by atoms with van der Waals surface area (Å²) in [7, 11) is 5.90. The van der Waals surface area contributed by atoms with Crippen LogP contribution in [0.15, 0.2) is 48.5 Å². The summed E-state index contributed by atoms with van der Waals surface area (Å²) < 4.78 is 40.3. The van der Waals surface area contributed by atoms with Crippen LogP contribution in [0.5, 0.6) is 40.2 Å². The van der Waals surface area contributed by atoms with E-state index in [4.69, 9.17) is 33.2 Å². The molecule has 2 saturated heterocycles. The first-order valence-corrected chi connectivity index (χ1v) is 13.5. The highest BCUT2D eigenvalue weighted by molar-refractivity contribution is 5.55. The van der Waals surface area contributed by atoms with Crippen LogP contribution in [0.25, 0.3) is 0 Å². The van der Waals surface area contributed by atoms with Crippen molar-refractivity contribution in [2.45, 2.75) is 24.4 Å². The Morgan fingerprint density at radius 1 is 0.714 bits per heavy atom. The summed E-state index contributed by atoms with van der Waals surface area (Å²) in [4.78, 5) is 0. The first kappa shape index (κ1) is 29.6. The Morgan fingerprint density at radius 2 is 1.21 bits per heavy atom. The number of aliphatic hydroxyl groups excluding tert-OH is 2. The molecule has 2 aliphatic heterocycles. The van der Waals surface area contributed by atoms with Crippen LogP contribution in [-0.4, -0.2) is 74.8 Å². The predicted octanol–water partition coefficient (Wildman–Crippen LogP) is 3.68. The SMILES string of the molecule is COc1cc(C2OCC3C(c4cc(OC)c(O[C@H](CO)[C@@H](O)c5ccc(O)c(OC)c5)c(OC)c4)OCC23)ccc1O. The Labute approximate surface area is 243 Å². The normalized spacial score (nSPS) is 22.7. The third-order valence-electron chi connectivity index (χ3n) is 7.95. The van der Waals surface area contributed by atoms with Gasteiger partial charge < -0.3 is 53.6 Å². The molecular formula is C31H36O11. The number of aromatic hydroxyl groups is 2. The maximum absolute atomic E-state index is 11.0. The Morgan fingerprint density at radius 3 is 1.76 bits per heavy atom. The summed E-state index contributed by atoms with van der Waals surface area (Å²) >= 11 is 0. The monoisotopic (exact) mass is 584 g/mol. The molecule has 226 valence electrons. The van der Waals surface area contributed by atoms with E-state index in [-0.39, 0.29) is 47.0 Å². The average Bonchev–Trinajstić information content (AvgIpc) is 3.62. The molecule has 2 fully saturated rings. The van der Waals surface area contributed by atoms with Crippen molar-refractivity contribution < 1.29 is 53.6 Å². The number of benzene rings is 3. The van der Waals surface area contributed by atoms with Crippen molar-refractivity contribution in [3.8, 4) is 40.2 Å². The summed E-state index contributed by atoms with van der Waals surface area (Å²) in [5.41, 5.74) is 2.09. The summed E-state index contributed by atoms with van der Waals surface area (Å²) in [6.07, 6.45) is -2.87. The van der Waals surface area contributed by atoms with Gasteiger partial charge in [0.2, 0.25) is 5.75 Å². The largest absolute Gasteiger partial charge is 0.504 e. The fourth-order valence-corrected chi connectivity index (χ4v) is 5.73. The van der Waals surface area contributed by atoms with E-state index in [0.717, 1.165) is 11.1 Å². The standard InChI is InChI=1S/C31H36O11/c1-36-23-9-16(5-7-21(23)33)28(35)27(13-32)42-31-25(38-3)11-18(12-26(31)39-4)30-20-15-40-29(19(20)14-41-30)17-6-8-22(34)24(10-17)37-2/h5-12,19-20,27-30,32-35H,13-15H2,1-4H3/t19?,20?,27-,28+,29?,30?/m1/s1. The summed E-state index contributed by atoms with van der Waals surface area (Å²) in [5, 5.41) is 41.0. The molecule has 2 aliphatic rings. The quantitative estimate of drug-likeness (QED) is 0.262. The Balaban J connectivity index is 1.39. The molecule has 42 heavy (non-hydrogen) atoms. The zero-order chi connectivity index (χ0) is 30.0. The molecule has 11 nitrogen and oxygen atoms in total. The molecule has 0 saturated carbocycles. The minimum absolute atomic E-state index is 0.0486. The van der Waals surface area contributed by atoms with E-state index >= 15 is 0 Å². The molecule has 4 unspecified atom stereocenters. The Hall–Kier alpha value is -3.90. The van der Waals surface area contributed by atoms with E-state index < -0.39 is 18.8 Å². The predicted molar refractivity (Wildman–Crippen MR) is 150 cm³/mol. The van der Waals surface area contributed by atoms with Crippen LogP contribution in [-0.2, 0) is 9.47 Å². The molecule has 0 radical (unpaired) electrons. The van der Waals surface area contributed by atoms with E-state index in [1.54, 1.807) is 24.3 Å². The van der Waals surface area contributed by atoms with Gasteiger partial charge in [-0.05, 0) is 53.1 Å². The molecule has 11 heteroatoms. The van der Waals surface area contributed by atoms with E-state index in [2.05, 4.69) is 0 Å². The van der Waals surface area contributed by atoms with E-state index in [1.165, 1.54) is 46.6 Å². The lowest BCUT2D eigenvalue weighted by Crippen LogP contribution is -2.29. The van der Waals surface area contributed by atoms with Crippen molar-refractivity contribution in [2.75, 3.05) is 48.3 Å². The maximum atomic E-state index is 11.0. The number of aliphatic hydroxyl groups is 2. The number of ether oxygens (including phenoxy) is 7. The van der Waals surface area contributed by atoms with Gasteiger partial charge in [-0.2, -0.15) is 0 Å². The van der Waals surface area contributed by atoms with E-state index in [9.17, 15) is 20.4 Å². The molecule has 3 aromatic rings. The zero-order valence-electron chi connectivity index (χ0n) is 23.9. The number of hydrogen-bond acceptors (Lipinski definition) is 11. The molecule has 0 amide bonds. The number of phenols is 2. The number of rotatable bonds is 11. The summed E-state index contributed by atoms with van der Waals surface area (Å²) in [6.45, 7) is 0.427. The molecule has 0 bridgehead atoms. The highest BCUT2D eigenvalue weighted by Gasteiger charge is 2.48. The van der Waals surface area contributed by atoms with Crippen LogP contribution in [0.4, 0.5) is 0 Å². The first-order chi connectivity index (χ1) is 20.3. The van der Waals surface area contributed by atoms with Crippen LogP contribution in [0.1, 0.15) is 35.0 Å². The van der Waals surface area contributed by atoms with Crippen molar-refractivity contribution in [1.82, 2.24) is 0 Å². The lowest BCUT2D eigenvalue weighted by atomic mass is 9.84. The van der Waals surface area contributed by atoms with Gasteiger partial charge in [0, 0.05) is 11.8 Å². The van der Waals surface area contributed by atoms with Crippen molar-refractivity contribution in [2.24, 2.45) is 11.8 Å². The second kappa shape index (κ2) is 12.5. The molecule has 5 rings (SSSR count). The lowest BCUT2D eigenvalue weighted by molar-refractivity contribution is -0.00197. The Bertz CT molecular complexity index is 1370. The van der Waals surface area contributed by atoms with Crippen molar-refractivity contribution in [3.05, 3.63) is 65.2 Å². The van der Waals surface area contributed by atoms with Crippen LogP contribution in [0.3, 0.4) is 0 Å². The Kier molecular flexibility index (Phi) is 8.83. The first-order valence-electron chi connectivity index (χ1n) is 13.5. The van der Waals surface area contributed by atoms with Gasteiger partial charge in [0.15, 0.2) is 40.6 Å². The van der Waals surface area contributed by atoms with Crippen LogP contribution in [0, 0.1) is 11.8 Å². The second-order valence-corrected chi connectivity index (χ2v) is 10.2. The van der Waals surface area contributed by atoms with Crippen LogP contribution >= 0.6 is 0 Å². The second-order valence-electron chi connectivity index (χ2n) is 10.2. The van der Waals surface area contributed by atoms with Gasteiger partial charge in [-0.15, -0.1) is 0 Å². The molecule has 0 aromatic heterocycles. The molecule has 0 spiro atoms. The van der Waals surface area contributed by atoms with Gasteiger partial charge in [-0.25, -0.2) is 0 Å².